The van der Waals surface area contributed by atoms with E-state index in [0.29, 0.717) is 46.0 Å². The molecule has 5 heterocycles. The minimum absolute atomic E-state index is 0.212. The van der Waals surface area contributed by atoms with Gasteiger partial charge in [-0.2, -0.15) is 4.98 Å². The Morgan fingerprint density at radius 1 is 1.04 bits per heavy atom. The van der Waals surface area contributed by atoms with Crippen molar-refractivity contribution in [2.24, 2.45) is 5.41 Å². The fourth-order valence-corrected chi connectivity index (χ4v) is 7.71. The number of hydrogen-bond donors (Lipinski definition) is 2. The zero-order valence-electron chi connectivity index (χ0n) is 28.9. The third-order valence-corrected chi connectivity index (χ3v) is 10.6. The van der Waals surface area contributed by atoms with Crippen LogP contribution in [0.3, 0.4) is 0 Å². The maximum Gasteiger partial charge on any atom is 0.409 e. The highest BCUT2D eigenvalue weighted by Crippen LogP contribution is 2.42. The van der Waals surface area contributed by atoms with Crippen LogP contribution < -0.4 is 15.8 Å². The van der Waals surface area contributed by atoms with Gasteiger partial charge in [-0.25, -0.2) is 24.1 Å². The highest BCUT2D eigenvalue weighted by molar-refractivity contribution is 5.81. The van der Waals surface area contributed by atoms with Crippen LogP contribution in [0.5, 0.6) is 0 Å². The normalized spacial score (nSPS) is 18.9. The Kier molecular flexibility index (Phi) is 8.46. The number of aryl methyl sites for hydroxylation is 1. The number of anilines is 3. The lowest BCUT2D eigenvalue weighted by molar-refractivity contribution is 0.0646. The molecule has 2 aliphatic heterocycles. The number of hydrogen-bond acceptors (Lipinski definition) is 9. The predicted octanol–water partition coefficient (Wildman–Crippen LogP) is 5.63. The summed E-state index contributed by atoms with van der Waals surface area (Å²) < 4.78 is 8.24. The number of likely N-dealkylation sites (tertiary alicyclic amines) is 1. The molecule has 3 aromatic heterocycles. The Morgan fingerprint density at radius 2 is 1.73 bits per heavy atom. The number of pyridine rings is 1. The first-order valence-electron chi connectivity index (χ1n) is 17.3. The fraction of sp³-hybridized carbons (Fsp3) is 0.486. The lowest BCUT2D eigenvalue weighted by atomic mass is 9.71. The van der Waals surface area contributed by atoms with Gasteiger partial charge in [0.15, 0.2) is 11.5 Å². The van der Waals surface area contributed by atoms with E-state index in [-0.39, 0.29) is 18.2 Å². The molecule has 1 atom stereocenters. The van der Waals surface area contributed by atoms with Crippen molar-refractivity contribution in [1.82, 2.24) is 29.2 Å². The first kappa shape index (κ1) is 32.8. The summed E-state index contributed by atoms with van der Waals surface area (Å²) in [6.45, 7) is 13.7. The molecule has 2 fully saturated rings. The molecule has 1 unspecified atom stereocenters. The molecular formula is C37H46N8O4. The number of amides is 1. The molecule has 258 valence electrons. The smallest absolute Gasteiger partial charge is 0.409 e. The Hall–Kier alpha value is -4.71. The number of aliphatic hydroxyl groups excluding tert-OH is 1. The van der Waals surface area contributed by atoms with Gasteiger partial charge in [0, 0.05) is 43.0 Å². The van der Waals surface area contributed by atoms with Crippen LogP contribution in [0.15, 0.2) is 53.8 Å². The maximum atomic E-state index is 14.0. The quantitative estimate of drug-likeness (QED) is 0.251. The second-order valence-electron chi connectivity index (χ2n) is 14.7. The third-order valence-electron chi connectivity index (χ3n) is 10.6. The van der Waals surface area contributed by atoms with Crippen LogP contribution in [-0.2, 0) is 23.1 Å². The summed E-state index contributed by atoms with van der Waals surface area (Å²) in [5, 5.41) is 14.4. The van der Waals surface area contributed by atoms with E-state index in [9.17, 15) is 14.7 Å². The van der Waals surface area contributed by atoms with Crippen molar-refractivity contribution in [3.05, 3.63) is 76.4 Å². The van der Waals surface area contributed by atoms with Gasteiger partial charge in [0.1, 0.15) is 5.39 Å². The molecule has 3 aliphatic rings. The molecule has 12 nitrogen and oxygen atoms in total. The first-order valence-corrected chi connectivity index (χ1v) is 17.3. The van der Waals surface area contributed by atoms with Gasteiger partial charge >= 0.3 is 6.09 Å². The van der Waals surface area contributed by atoms with E-state index >= 15 is 0 Å². The van der Waals surface area contributed by atoms with Crippen LogP contribution in [0.2, 0.25) is 0 Å². The number of nitrogens with one attached hydrogen (secondary N) is 1. The fourth-order valence-electron chi connectivity index (χ4n) is 7.71. The standard InChI is InChI=1S/C37H46N8O4/c1-6-19-44-33(47)29-31(36(2,3)4)40-34(41-32(29)45(44)28-14-8-24-7-13-27(46)30(24)39-28)38-25-9-11-26(12-10-25)42-20-15-37(16-21-42)17-22-43(23-18-37)35(48)49-5/h6,8-12,14,27,46H,1,7,13,15-23H2,2-5H3,(H,38,40,41). The Labute approximate surface area is 286 Å². The molecule has 0 saturated carbocycles. The third kappa shape index (κ3) is 6.07. The summed E-state index contributed by atoms with van der Waals surface area (Å²) in [5.74, 6) is 0.897. The van der Waals surface area contributed by atoms with E-state index in [0.717, 1.165) is 69.5 Å². The number of nitrogens with zero attached hydrogens (tertiary/aromatic N) is 7. The van der Waals surface area contributed by atoms with Gasteiger partial charge in [0.25, 0.3) is 5.56 Å². The highest BCUT2D eigenvalue weighted by atomic mass is 16.5. The summed E-state index contributed by atoms with van der Waals surface area (Å²) in [7, 11) is 1.45. The average molecular weight is 667 g/mol. The number of fused-ring (bicyclic) bond motifs is 2. The number of carbonyl (C=O) groups is 1. The van der Waals surface area contributed by atoms with Gasteiger partial charge < -0.3 is 25.0 Å². The summed E-state index contributed by atoms with van der Waals surface area (Å²) >= 11 is 0. The number of piperidine rings is 2. The summed E-state index contributed by atoms with van der Waals surface area (Å²) in [6.07, 6.45) is 6.50. The predicted molar refractivity (Wildman–Crippen MR) is 190 cm³/mol. The monoisotopic (exact) mass is 666 g/mol. The van der Waals surface area contributed by atoms with Crippen molar-refractivity contribution in [2.75, 3.05) is 43.5 Å². The van der Waals surface area contributed by atoms with E-state index < -0.39 is 11.5 Å². The van der Waals surface area contributed by atoms with Gasteiger partial charge in [-0.05, 0) is 79.8 Å². The van der Waals surface area contributed by atoms with E-state index in [1.165, 1.54) is 12.8 Å². The van der Waals surface area contributed by atoms with Crippen LogP contribution in [0, 0.1) is 5.41 Å². The zero-order chi connectivity index (χ0) is 34.5. The van der Waals surface area contributed by atoms with Crippen molar-refractivity contribution in [3.8, 4) is 5.82 Å². The molecule has 0 bridgehead atoms. The van der Waals surface area contributed by atoms with Gasteiger partial charge in [-0.1, -0.05) is 32.9 Å². The van der Waals surface area contributed by atoms with E-state index in [4.69, 9.17) is 19.7 Å². The number of allylic oxidation sites excluding steroid dienone is 1. The Balaban J connectivity index is 1.16. The Morgan fingerprint density at radius 3 is 2.39 bits per heavy atom. The lowest BCUT2D eigenvalue weighted by Gasteiger charge is -2.47. The van der Waals surface area contributed by atoms with Crippen LogP contribution in [0.1, 0.15) is 75.9 Å². The first-order chi connectivity index (χ1) is 23.5. The lowest BCUT2D eigenvalue weighted by Crippen LogP contribution is -2.48. The highest BCUT2D eigenvalue weighted by Gasteiger charge is 2.39. The van der Waals surface area contributed by atoms with Crippen LogP contribution >= 0.6 is 0 Å². The molecule has 1 amide bonds. The number of carbonyl (C=O) groups excluding carboxylic acids is 1. The molecule has 1 aliphatic carbocycles. The molecule has 12 heteroatoms. The van der Waals surface area contributed by atoms with Crippen LogP contribution in [0.25, 0.3) is 16.9 Å². The summed E-state index contributed by atoms with van der Waals surface area (Å²) in [5.41, 5.74) is 4.38. The Bertz CT molecular complexity index is 1940. The summed E-state index contributed by atoms with van der Waals surface area (Å²) in [6, 6.07) is 12.2. The molecule has 49 heavy (non-hydrogen) atoms. The van der Waals surface area contributed by atoms with Gasteiger partial charge in [-0.15, -0.1) is 6.58 Å². The SMILES string of the molecule is C=CCn1c(=O)c2c(C(C)(C)C)nc(Nc3ccc(N4CCC5(CCN(C(=O)OC)CC5)CC4)cc3)nc2n1-c1ccc2c(n1)C(O)CC2. The molecule has 0 radical (unpaired) electrons. The second-order valence-corrected chi connectivity index (χ2v) is 14.7. The number of aromatic nitrogens is 5. The molecular weight excluding hydrogens is 620 g/mol. The van der Waals surface area contributed by atoms with Gasteiger partial charge in [0.2, 0.25) is 5.95 Å². The maximum absolute atomic E-state index is 14.0. The number of aliphatic hydroxyl groups is 1. The molecule has 1 spiro atoms. The van der Waals surface area contributed by atoms with Crippen LogP contribution in [0.4, 0.5) is 22.1 Å². The van der Waals surface area contributed by atoms with Gasteiger partial charge in [0.05, 0.1) is 31.1 Å². The van der Waals surface area contributed by atoms with Crippen molar-refractivity contribution in [3.63, 3.8) is 0 Å². The molecule has 1 aromatic carbocycles. The molecule has 4 aromatic rings. The zero-order valence-corrected chi connectivity index (χ0v) is 28.9. The van der Waals surface area contributed by atoms with Crippen LogP contribution in [-0.4, -0.2) is 73.7 Å². The average Bonchev–Trinajstić information content (AvgIpc) is 3.60. The minimum atomic E-state index is -0.631. The second kappa shape index (κ2) is 12.6. The number of benzene rings is 1. The van der Waals surface area contributed by atoms with Crippen molar-refractivity contribution in [1.29, 1.82) is 0 Å². The van der Waals surface area contributed by atoms with Gasteiger partial charge in [-0.3, -0.25) is 4.79 Å². The molecule has 7 rings (SSSR count). The number of ether oxygens (including phenoxy) is 1. The van der Waals surface area contributed by atoms with E-state index in [1.807, 2.05) is 49.9 Å². The number of rotatable bonds is 6. The molecule has 2 saturated heterocycles. The van der Waals surface area contributed by atoms with Crippen molar-refractivity contribution in [2.45, 2.75) is 77.4 Å². The topological polar surface area (TPSA) is 131 Å². The number of methoxy groups -OCH3 is 1. The molecule has 2 N–H and O–H groups in total. The largest absolute Gasteiger partial charge is 0.453 e. The minimum Gasteiger partial charge on any atom is -0.453 e. The van der Waals surface area contributed by atoms with Crippen molar-refractivity contribution >= 4 is 34.4 Å². The van der Waals surface area contributed by atoms with Crippen molar-refractivity contribution < 1.29 is 14.6 Å². The summed E-state index contributed by atoms with van der Waals surface area (Å²) in [4.78, 5) is 44.8. The van der Waals surface area contributed by atoms with E-state index in [1.54, 1.807) is 15.4 Å². The van der Waals surface area contributed by atoms with E-state index in [2.05, 4.69) is 28.9 Å².